The van der Waals surface area contributed by atoms with Crippen LogP contribution in [-0.2, 0) is 0 Å². The minimum Gasteiger partial charge on any atom is -0.346 e. The number of nitrogens with zero attached hydrogens (tertiary/aromatic N) is 2. The molecule has 0 atom stereocenters. The van der Waals surface area contributed by atoms with Crippen LogP contribution in [0.15, 0.2) is 30.7 Å². The Labute approximate surface area is 86.4 Å². The normalized spacial score (nSPS) is 11.0. The average molecular weight is 198 g/mol. The van der Waals surface area contributed by atoms with Crippen LogP contribution >= 0.6 is 0 Å². The van der Waals surface area contributed by atoms with Crippen LogP contribution in [-0.4, -0.2) is 19.9 Å². The lowest BCUT2D eigenvalue weighted by atomic mass is 10.2. The first-order valence-electron chi connectivity index (χ1n) is 4.78. The average Bonchev–Trinajstić information content (AvgIpc) is 2.84. The van der Waals surface area contributed by atoms with Crippen LogP contribution in [0.25, 0.3) is 22.3 Å². The molecule has 4 heteroatoms. The summed E-state index contributed by atoms with van der Waals surface area (Å²) in [6.07, 6.45) is 5.55. The number of nitrogens with one attached hydrogen (secondary N) is 2. The first kappa shape index (κ1) is 8.23. The maximum absolute atomic E-state index is 4.32. The third-order valence-electron chi connectivity index (χ3n) is 2.41. The quantitative estimate of drug-likeness (QED) is 0.630. The Hall–Kier alpha value is -2.10. The molecule has 0 bridgehead atoms. The number of aryl methyl sites for hydroxylation is 1. The van der Waals surface area contributed by atoms with Gasteiger partial charge in [0.1, 0.15) is 11.5 Å². The van der Waals surface area contributed by atoms with E-state index in [4.69, 9.17) is 0 Å². The second-order valence-electron chi connectivity index (χ2n) is 3.52. The van der Waals surface area contributed by atoms with E-state index in [-0.39, 0.29) is 0 Å². The molecule has 3 aromatic rings. The number of aromatic nitrogens is 4. The first-order chi connectivity index (χ1) is 7.33. The molecule has 0 radical (unpaired) electrons. The van der Waals surface area contributed by atoms with Crippen molar-refractivity contribution in [1.82, 2.24) is 19.9 Å². The topological polar surface area (TPSA) is 57.4 Å². The highest BCUT2D eigenvalue weighted by molar-refractivity contribution is 5.80. The van der Waals surface area contributed by atoms with E-state index in [1.165, 1.54) is 0 Å². The summed E-state index contributed by atoms with van der Waals surface area (Å²) in [5.41, 5.74) is 2.97. The second-order valence-corrected chi connectivity index (χ2v) is 3.52. The Kier molecular flexibility index (Phi) is 1.62. The predicted octanol–water partition coefficient (Wildman–Crippen LogP) is 2.26. The van der Waals surface area contributed by atoms with E-state index in [1.54, 1.807) is 0 Å². The molecule has 0 fully saturated rings. The Morgan fingerprint density at radius 1 is 1.20 bits per heavy atom. The van der Waals surface area contributed by atoms with Crippen molar-refractivity contribution in [3.63, 3.8) is 0 Å². The van der Waals surface area contributed by atoms with Gasteiger partial charge in [-0.2, -0.15) is 0 Å². The number of rotatable bonds is 1. The summed E-state index contributed by atoms with van der Waals surface area (Å²) in [7, 11) is 0. The fraction of sp³-hybridized carbons (Fsp3) is 0.0909. The zero-order chi connectivity index (χ0) is 10.3. The third kappa shape index (κ3) is 1.30. The molecule has 4 nitrogen and oxygen atoms in total. The van der Waals surface area contributed by atoms with E-state index in [0.29, 0.717) is 0 Å². The van der Waals surface area contributed by atoms with Crippen LogP contribution in [0.5, 0.6) is 0 Å². The summed E-state index contributed by atoms with van der Waals surface area (Å²) in [6, 6.07) is 4.10. The van der Waals surface area contributed by atoms with Gasteiger partial charge in [-0.25, -0.2) is 9.97 Å². The van der Waals surface area contributed by atoms with Gasteiger partial charge in [-0.3, -0.25) is 0 Å². The molecular weight excluding hydrogens is 188 g/mol. The Morgan fingerprint density at radius 3 is 2.93 bits per heavy atom. The van der Waals surface area contributed by atoms with E-state index in [0.717, 1.165) is 28.1 Å². The molecule has 0 unspecified atom stereocenters. The van der Waals surface area contributed by atoms with Crippen molar-refractivity contribution in [2.24, 2.45) is 0 Å². The third-order valence-corrected chi connectivity index (χ3v) is 2.41. The maximum atomic E-state index is 4.32. The molecular formula is C11H10N4. The highest BCUT2D eigenvalue weighted by atomic mass is 14.9. The van der Waals surface area contributed by atoms with E-state index in [2.05, 4.69) is 26.0 Å². The molecule has 2 N–H and O–H groups in total. The van der Waals surface area contributed by atoms with Gasteiger partial charge in [0.25, 0.3) is 0 Å². The number of imidazole rings is 1. The lowest BCUT2D eigenvalue weighted by Gasteiger charge is -1.96. The summed E-state index contributed by atoms with van der Waals surface area (Å²) in [6.45, 7) is 1.94. The van der Waals surface area contributed by atoms with Crippen LogP contribution < -0.4 is 0 Å². The van der Waals surface area contributed by atoms with Crippen molar-refractivity contribution >= 4 is 11.0 Å². The molecule has 3 heterocycles. The lowest BCUT2D eigenvalue weighted by molar-refractivity contribution is 1.15. The number of aromatic amines is 2. The van der Waals surface area contributed by atoms with Gasteiger partial charge in [0.2, 0.25) is 0 Å². The Bertz CT molecular complexity index is 606. The standard InChI is InChI=1S/C11H10N4/c1-7-13-6-10(15-7)9-4-8-2-3-12-11(8)14-5-9/h2-6H,1H3,(H,12,14)(H,13,15). The van der Waals surface area contributed by atoms with Crippen molar-refractivity contribution in [3.05, 3.63) is 36.5 Å². The minimum atomic E-state index is 0.912. The molecule has 15 heavy (non-hydrogen) atoms. The van der Waals surface area contributed by atoms with Crippen molar-refractivity contribution in [2.45, 2.75) is 6.92 Å². The Morgan fingerprint density at radius 2 is 2.13 bits per heavy atom. The molecule has 0 amide bonds. The van der Waals surface area contributed by atoms with Gasteiger partial charge in [-0.15, -0.1) is 0 Å². The summed E-state index contributed by atoms with van der Waals surface area (Å²) < 4.78 is 0. The van der Waals surface area contributed by atoms with Crippen LogP contribution in [0, 0.1) is 6.92 Å². The summed E-state index contributed by atoms with van der Waals surface area (Å²) in [5.74, 6) is 0.916. The van der Waals surface area contributed by atoms with Gasteiger partial charge >= 0.3 is 0 Å². The van der Waals surface area contributed by atoms with Crippen molar-refractivity contribution in [1.29, 1.82) is 0 Å². The van der Waals surface area contributed by atoms with Crippen molar-refractivity contribution in [2.75, 3.05) is 0 Å². The fourth-order valence-corrected chi connectivity index (χ4v) is 1.65. The van der Waals surface area contributed by atoms with Gasteiger partial charge in [0, 0.05) is 23.3 Å². The summed E-state index contributed by atoms with van der Waals surface area (Å²) in [5, 5.41) is 1.11. The minimum absolute atomic E-state index is 0.912. The van der Waals surface area contributed by atoms with E-state index in [9.17, 15) is 0 Å². The van der Waals surface area contributed by atoms with Crippen LogP contribution in [0.4, 0.5) is 0 Å². The summed E-state index contributed by atoms with van der Waals surface area (Å²) >= 11 is 0. The number of H-pyrrole nitrogens is 2. The van der Waals surface area contributed by atoms with Gasteiger partial charge in [-0.05, 0) is 19.1 Å². The van der Waals surface area contributed by atoms with Crippen LogP contribution in [0.2, 0.25) is 0 Å². The summed E-state index contributed by atoms with van der Waals surface area (Å²) in [4.78, 5) is 14.7. The number of pyridine rings is 1. The first-order valence-corrected chi connectivity index (χ1v) is 4.78. The zero-order valence-electron chi connectivity index (χ0n) is 8.28. The fourth-order valence-electron chi connectivity index (χ4n) is 1.65. The molecule has 3 aromatic heterocycles. The van der Waals surface area contributed by atoms with E-state index >= 15 is 0 Å². The number of fused-ring (bicyclic) bond motifs is 1. The molecule has 0 aromatic carbocycles. The molecule has 74 valence electrons. The monoisotopic (exact) mass is 198 g/mol. The van der Waals surface area contributed by atoms with Gasteiger partial charge in [0.05, 0.1) is 11.9 Å². The number of hydrogen-bond acceptors (Lipinski definition) is 2. The molecule has 0 aliphatic carbocycles. The second kappa shape index (κ2) is 2.95. The molecule has 0 saturated carbocycles. The highest BCUT2D eigenvalue weighted by Crippen LogP contribution is 2.20. The van der Waals surface area contributed by atoms with Gasteiger partial charge in [0.15, 0.2) is 0 Å². The Balaban J connectivity index is 2.18. The van der Waals surface area contributed by atoms with Gasteiger partial charge in [-0.1, -0.05) is 0 Å². The molecule has 0 aliphatic rings. The van der Waals surface area contributed by atoms with Crippen molar-refractivity contribution in [3.8, 4) is 11.3 Å². The smallest absolute Gasteiger partial charge is 0.137 e. The maximum Gasteiger partial charge on any atom is 0.137 e. The van der Waals surface area contributed by atoms with E-state index in [1.807, 2.05) is 31.6 Å². The molecule has 3 rings (SSSR count). The number of hydrogen-bond donors (Lipinski definition) is 2. The van der Waals surface area contributed by atoms with Gasteiger partial charge < -0.3 is 9.97 Å². The largest absolute Gasteiger partial charge is 0.346 e. The predicted molar refractivity (Wildman–Crippen MR) is 58.4 cm³/mol. The molecule has 0 aliphatic heterocycles. The highest BCUT2D eigenvalue weighted by Gasteiger charge is 2.03. The SMILES string of the molecule is Cc1ncc(-c2cnc3[nH]ccc3c2)[nH]1. The van der Waals surface area contributed by atoms with Crippen molar-refractivity contribution < 1.29 is 0 Å². The van der Waals surface area contributed by atoms with E-state index < -0.39 is 0 Å². The molecule has 0 saturated heterocycles. The molecule has 0 spiro atoms. The van der Waals surface area contributed by atoms with Crippen LogP contribution in [0.1, 0.15) is 5.82 Å². The van der Waals surface area contributed by atoms with Crippen LogP contribution in [0.3, 0.4) is 0 Å². The lowest BCUT2D eigenvalue weighted by Crippen LogP contribution is -1.81. The zero-order valence-corrected chi connectivity index (χ0v) is 8.28.